The van der Waals surface area contributed by atoms with Crippen molar-refractivity contribution in [2.24, 2.45) is 0 Å². The lowest BCUT2D eigenvalue weighted by atomic mass is 10.0. The summed E-state index contributed by atoms with van der Waals surface area (Å²) in [6, 6.07) is 22.8. The van der Waals surface area contributed by atoms with Crippen LogP contribution in [0.3, 0.4) is 0 Å². The van der Waals surface area contributed by atoms with Gasteiger partial charge in [-0.25, -0.2) is 8.42 Å². The first-order valence-electron chi connectivity index (χ1n) is 10.1. The highest BCUT2D eigenvalue weighted by Gasteiger charge is 2.23. The lowest BCUT2D eigenvalue weighted by Gasteiger charge is -2.18. The Kier molecular flexibility index (Phi) is 6.83. The summed E-state index contributed by atoms with van der Waals surface area (Å²) >= 11 is 7.24. The van der Waals surface area contributed by atoms with E-state index in [0.29, 0.717) is 27.5 Å². The second-order valence-electron chi connectivity index (χ2n) is 7.29. The largest absolute Gasteiger partial charge is 0.321 e. The molecule has 0 bridgehead atoms. The number of amides is 1. The summed E-state index contributed by atoms with van der Waals surface area (Å²) in [6.45, 7) is 0. The fourth-order valence-electron chi connectivity index (χ4n) is 3.26. The number of sulfonamides is 1. The van der Waals surface area contributed by atoms with Gasteiger partial charge >= 0.3 is 0 Å². The van der Waals surface area contributed by atoms with Crippen molar-refractivity contribution < 1.29 is 18.0 Å². The predicted molar refractivity (Wildman–Crippen MR) is 136 cm³/mol. The average Bonchev–Trinajstić information content (AvgIpc) is 3.41. The molecular weight excluding hydrogens is 492 g/mol. The van der Waals surface area contributed by atoms with Crippen molar-refractivity contribution in [1.82, 2.24) is 0 Å². The maximum Gasteiger partial charge on any atom is 0.273 e. The maximum atomic E-state index is 13.0. The molecule has 0 saturated heterocycles. The van der Waals surface area contributed by atoms with E-state index >= 15 is 0 Å². The van der Waals surface area contributed by atoms with Gasteiger partial charge in [0.1, 0.15) is 4.21 Å². The van der Waals surface area contributed by atoms with Gasteiger partial charge in [0.25, 0.3) is 15.9 Å². The Morgan fingerprint density at radius 3 is 2.24 bits per heavy atom. The minimum absolute atomic E-state index is 0.232. The van der Waals surface area contributed by atoms with Crippen molar-refractivity contribution in [3.8, 4) is 0 Å². The molecule has 172 valence electrons. The monoisotopic (exact) mass is 510 g/mol. The van der Waals surface area contributed by atoms with Crippen LogP contribution in [0.15, 0.2) is 94.5 Å². The SMILES string of the molecule is CN(c1ccc(C(=O)Nc2ccc(Cl)cc2C(=O)c2ccccc2)cc1)S(=O)(=O)c1cccs1. The number of anilines is 2. The predicted octanol–water partition coefficient (Wildman–Crippen LogP) is 5.71. The van der Waals surface area contributed by atoms with Crippen LogP contribution in [0.2, 0.25) is 5.02 Å². The number of carbonyl (C=O) groups is 2. The van der Waals surface area contributed by atoms with Crippen molar-refractivity contribution >= 4 is 56.0 Å². The van der Waals surface area contributed by atoms with Crippen LogP contribution in [-0.4, -0.2) is 27.2 Å². The molecule has 0 atom stereocenters. The summed E-state index contributed by atoms with van der Waals surface area (Å²) in [4.78, 5) is 25.9. The molecule has 1 aromatic heterocycles. The zero-order valence-corrected chi connectivity index (χ0v) is 20.3. The van der Waals surface area contributed by atoms with E-state index in [1.54, 1.807) is 66.0 Å². The Labute approximate surface area is 206 Å². The smallest absolute Gasteiger partial charge is 0.273 e. The summed E-state index contributed by atoms with van der Waals surface area (Å²) in [5, 5.41) is 4.83. The standard InChI is InChI=1S/C25H19ClN2O4S2/c1-28(34(31,32)23-8-5-15-33-23)20-12-9-18(10-13-20)25(30)27-22-14-11-19(26)16-21(22)24(29)17-6-3-2-4-7-17/h2-16H,1H3,(H,27,30). The maximum absolute atomic E-state index is 13.0. The molecular formula is C25H19ClN2O4S2. The van der Waals surface area contributed by atoms with Crippen LogP contribution >= 0.6 is 22.9 Å². The van der Waals surface area contributed by atoms with Crippen molar-refractivity contribution in [2.45, 2.75) is 4.21 Å². The third-order valence-electron chi connectivity index (χ3n) is 5.11. The van der Waals surface area contributed by atoms with Gasteiger partial charge in [-0.05, 0) is 53.9 Å². The topological polar surface area (TPSA) is 83.6 Å². The molecule has 0 aliphatic carbocycles. The van der Waals surface area contributed by atoms with Gasteiger partial charge in [-0.2, -0.15) is 0 Å². The molecule has 6 nitrogen and oxygen atoms in total. The molecule has 0 aliphatic heterocycles. The summed E-state index contributed by atoms with van der Waals surface area (Å²) in [5.74, 6) is -0.714. The number of halogens is 1. The number of benzene rings is 3. The van der Waals surface area contributed by atoms with Crippen molar-refractivity contribution in [3.05, 3.63) is 112 Å². The first-order chi connectivity index (χ1) is 16.3. The molecule has 0 aliphatic rings. The highest BCUT2D eigenvalue weighted by atomic mass is 35.5. The molecule has 0 spiro atoms. The van der Waals surface area contributed by atoms with E-state index in [4.69, 9.17) is 11.6 Å². The fourth-order valence-corrected chi connectivity index (χ4v) is 5.79. The summed E-state index contributed by atoms with van der Waals surface area (Å²) in [6.07, 6.45) is 0. The Hall–Kier alpha value is -3.46. The van der Waals surface area contributed by atoms with E-state index in [1.807, 2.05) is 6.07 Å². The number of nitrogens with one attached hydrogen (secondary N) is 1. The van der Waals surface area contributed by atoms with Gasteiger partial charge in [-0.1, -0.05) is 48.0 Å². The zero-order chi connectivity index (χ0) is 24.3. The zero-order valence-electron chi connectivity index (χ0n) is 17.9. The van der Waals surface area contributed by atoms with Crippen LogP contribution in [0.5, 0.6) is 0 Å². The Balaban J connectivity index is 1.56. The third-order valence-corrected chi connectivity index (χ3v) is 8.51. The fraction of sp³-hybridized carbons (Fsp3) is 0.0400. The number of thiophene rings is 1. The minimum Gasteiger partial charge on any atom is -0.321 e. The van der Waals surface area contributed by atoms with E-state index in [9.17, 15) is 18.0 Å². The Bertz CT molecular complexity index is 1440. The molecule has 3 aromatic carbocycles. The number of hydrogen-bond acceptors (Lipinski definition) is 5. The van der Waals surface area contributed by atoms with E-state index in [1.165, 1.54) is 25.2 Å². The van der Waals surface area contributed by atoms with Crippen LogP contribution in [0, 0.1) is 0 Å². The van der Waals surface area contributed by atoms with Crippen LogP contribution in [0.1, 0.15) is 26.3 Å². The van der Waals surface area contributed by atoms with Gasteiger partial charge in [-0.15, -0.1) is 11.3 Å². The molecule has 34 heavy (non-hydrogen) atoms. The number of hydrogen-bond donors (Lipinski definition) is 1. The van der Waals surface area contributed by atoms with Crippen LogP contribution in [0.4, 0.5) is 11.4 Å². The second-order valence-corrected chi connectivity index (χ2v) is 10.9. The summed E-state index contributed by atoms with van der Waals surface area (Å²) in [5.41, 5.74) is 1.78. The van der Waals surface area contributed by atoms with Gasteiger partial charge in [0, 0.05) is 28.8 Å². The number of carbonyl (C=O) groups excluding carboxylic acids is 2. The Morgan fingerprint density at radius 1 is 0.882 bits per heavy atom. The lowest BCUT2D eigenvalue weighted by Crippen LogP contribution is -2.25. The molecule has 1 amide bonds. The van der Waals surface area contributed by atoms with Gasteiger partial charge in [0.05, 0.1) is 11.4 Å². The first-order valence-corrected chi connectivity index (χ1v) is 12.8. The second kappa shape index (κ2) is 9.80. The lowest BCUT2D eigenvalue weighted by molar-refractivity contribution is 0.102. The first kappa shape index (κ1) is 23.7. The molecule has 4 rings (SSSR count). The van der Waals surface area contributed by atoms with E-state index in [2.05, 4.69) is 5.32 Å². The third kappa shape index (κ3) is 4.89. The molecule has 0 fully saturated rings. The minimum atomic E-state index is -3.67. The molecule has 0 saturated carbocycles. The number of nitrogens with zero attached hydrogens (tertiary/aromatic N) is 1. The van der Waals surface area contributed by atoms with Crippen molar-refractivity contribution in [1.29, 1.82) is 0 Å². The molecule has 1 N–H and O–H groups in total. The summed E-state index contributed by atoms with van der Waals surface area (Å²) in [7, 11) is -2.22. The van der Waals surface area contributed by atoms with Crippen LogP contribution < -0.4 is 9.62 Å². The van der Waals surface area contributed by atoms with Gasteiger partial charge in [0.15, 0.2) is 5.78 Å². The van der Waals surface area contributed by atoms with E-state index in [0.717, 1.165) is 15.6 Å². The van der Waals surface area contributed by atoms with E-state index in [-0.39, 0.29) is 15.6 Å². The van der Waals surface area contributed by atoms with Crippen molar-refractivity contribution in [3.63, 3.8) is 0 Å². The highest BCUT2D eigenvalue weighted by Crippen LogP contribution is 2.27. The Morgan fingerprint density at radius 2 is 1.59 bits per heavy atom. The molecule has 0 unspecified atom stereocenters. The van der Waals surface area contributed by atoms with Crippen LogP contribution in [0.25, 0.3) is 0 Å². The molecule has 1 heterocycles. The molecule has 9 heteroatoms. The average molecular weight is 511 g/mol. The quantitative estimate of drug-likeness (QED) is 0.323. The number of rotatable bonds is 7. The normalized spacial score (nSPS) is 11.1. The van der Waals surface area contributed by atoms with Crippen molar-refractivity contribution in [2.75, 3.05) is 16.7 Å². The summed E-state index contributed by atoms with van der Waals surface area (Å²) < 4.78 is 26.8. The highest BCUT2D eigenvalue weighted by molar-refractivity contribution is 7.94. The van der Waals surface area contributed by atoms with E-state index < -0.39 is 15.9 Å². The van der Waals surface area contributed by atoms with Gasteiger partial charge < -0.3 is 5.32 Å². The van der Waals surface area contributed by atoms with Gasteiger partial charge in [-0.3, -0.25) is 13.9 Å². The number of ketones is 1. The molecule has 4 aromatic rings. The van der Waals surface area contributed by atoms with Crippen LogP contribution in [-0.2, 0) is 10.0 Å². The van der Waals surface area contributed by atoms with Gasteiger partial charge in [0.2, 0.25) is 0 Å². The molecule has 0 radical (unpaired) electrons.